The fraction of sp³-hybridized carbons (Fsp3) is 0.333. The highest BCUT2D eigenvalue weighted by atomic mass is 19.1. The Morgan fingerprint density at radius 2 is 2.31 bits per heavy atom. The molecule has 1 saturated heterocycles. The highest BCUT2D eigenvalue weighted by molar-refractivity contribution is 5.44. The summed E-state index contributed by atoms with van der Waals surface area (Å²) in [6.07, 6.45) is 0.776. The Morgan fingerprint density at radius 3 is 2.77 bits per heavy atom. The predicted octanol–water partition coefficient (Wildman–Crippen LogP) is 1.11. The largest absolute Gasteiger partial charge is 0.351 e. The number of anilines is 1. The van der Waals surface area contributed by atoms with E-state index in [0.29, 0.717) is 18.7 Å². The van der Waals surface area contributed by atoms with E-state index in [2.05, 4.69) is 4.98 Å². The summed E-state index contributed by atoms with van der Waals surface area (Å²) in [5, 5.41) is 8.52. The lowest BCUT2D eigenvalue weighted by Gasteiger charge is -2.35. The summed E-state index contributed by atoms with van der Waals surface area (Å²) in [6, 6.07) is 5.41. The molecule has 3 nitrogen and oxygen atoms in total. The molecular weight excluding hydrogens is 169 g/mol. The van der Waals surface area contributed by atoms with Crippen molar-refractivity contribution in [3.05, 3.63) is 23.9 Å². The van der Waals surface area contributed by atoms with Gasteiger partial charge in [0.25, 0.3) is 0 Å². The van der Waals surface area contributed by atoms with Crippen molar-refractivity contribution in [2.24, 2.45) is 0 Å². The lowest BCUT2D eigenvalue weighted by Crippen LogP contribution is -2.48. The van der Waals surface area contributed by atoms with Crippen LogP contribution in [-0.4, -0.2) is 24.2 Å². The van der Waals surface area contributed by atoms with Crippen LogP contribution in [0.2, 0.25) is 0 Å². The third-order valence-electron chi connectivity index (χ3n) is 2.04. The molecule has 0 amide bonds. The van der Waals surface area contributed by atoms with E-state index in [4.69, 9.17) is 5.26 Å². The first kappa shape index (κ1) is 7.99. The number of rotatable bonds is 1. The minimum absolute atomic E-state index is 0.416. The molecule has 2 heterocycles. The molecule has 0 unspecified atom stereocenters. The van der Waals surface area contributed by atoms with Crippen LogP contribution in [0.15, 0.2) is 18.3 Å². The highest BCUT2D eigenvalue weighted by Crippen LogP contribution is 2.19. The van der Waals surface area contributed by atoms with Gasteiger partial charge in [-0.2, -0.15) is 5.26 Å². The maximum absolute atomic E-state index is 12.5. The molecule has 2 rings (SSSR count). The van der Waals surface area contributed by atoms with Gasteiger partial charge in [-0.25, -0.2) is 9.37 Å². The molecule has 0 saturated carbocycles. The Morgan fingerprint density at radius 1 is 1.54 bits per heavy atom. The molecular formula is C9H8FN3. The smallest absolute Gasteiger partial charge is 0.135 e. The molecule has 0 N–H and O–H groups in total. The zero-order valence-corrected chi connectivity index (χ0v) is 6.94. The number of aromatic nitrogens is 1. The molecule has 1 aliphatic heterocycles. The summed E-state index contributed by atoms with van der Waals surface area (Å²) < 4.78 is 12.5. The topological polar surface area (TPSA) is 39.9 Å². The predicted molar refractivity (Wildman–Crippen MR) is 46.1 cm³/mol. The standard InChI is InChI=1S/C9H8FN3/c10-8-5-13(6-8)9-2-1-7(3-11)4-12-9/h1-2,4,8H,5-6H2. The molecule has 0 atom stereocenters. The van der Waals surface area contributed by atoms with Gasteiger partial charge in [-0.3, -0.25) is 0 Å². The summed E-state index contributed by atoms with van der Waals surface area (Å²) in [7, 11) is 0. The third-order valence-corrected chi connectivity index (χ3v) is 2.04. The first-order valence-corrected chi connectivity index (χ1v) is 4.05. The van der Waals surface area contributed by atoms with Crippen molar-refractivity contribution in [2.45, 2.75) is 6.17 Å². The van der Waals surface area contributed by atoms with Crippen molar-refractivity contribution >= 4 is 5.82 Å². The monoisotopic (exact) mass is 177 g/mol. The van der Waals surface area contributed by atoms with Crippen LogP contribution in [0.4, 0.5) is 10.2 Å². The molecule has 4 heteroatoms. The molecule has 66 valence electrons. The average molecular weight is 177 g/mol. The van der Waals surface area contributed by atoms with Gasteiger partial charge in [0.05, 0.1) is 18.7 Å². The quantitative estimate of drug-likeness (QED) is 0.645. The summed E-state index contributed by atoms with van der Waals surface area (Å²) in [5.41, 5.74) is 0.529. The Hall–Kier alpha value is -1.63. The Kier molecular flexibility index (Phi) is 1.85. The zero-order valence-electron chi connectivity index (χ0n) is 6.94. The molecule has 0 aliphatic carbocycles. The highest BCUT2D eigenvalue weighted by Gasteiger charge is 2.26. The van der Waals surface area contributed by atoms with Crippen molar-refractivity contribution in [3.63, 3.8) is 0 Å². The van der Waals surface area contributed by atoms with E-state index < -0.39 is 6.17 Å². The molecule has 1 aromatic rings. The van der Waals surface area contributed by atoms with Gasteiger partial charge in [-0.15, -0.1) is 0 Å². The normalized spacial score (nSPS) is 16.5. The van der Waals surface area contributed by atoms with Crippen molar-refractivity contribution < 1.29 is 4.39 Å². The molecule has 0 radical (unpaired) electrons. The second-order valence-corrected chi connectivity index (χ2v) is 3.02. The van der Waals surface area contributed by atoms with Crippen molar-refractivity contribution in [3.8, 4) is 6.07 Å². The number of hydrogen-bond donors (Lipinski definition) is 0. The summed E-state index contributed by atoms with van der Waals surface area (Å²) in [6.45, 7) is 0.831. The van der Waals surface area contributed by atoms with Crippen molar-refractivity contribution in [1.29, 1.82) is 5.26 Å². The minimum Gasteiger partial charge on any atom is -0.351 e. The molecule has 0 bridgehead atoms. The van der Waals surface area contributed by atoms with Crippen LogP contribution < -0.4 is 4.90 Å². The van der Waals surface area contributed by atoms with E-state index in [9.17, 15) is 4.39 Å². The lowest BCUT2D eigenvalue weighted by molar-refractivity contribution is 0.273. The van der Waals surface area contributed by atoms with E-state index in [1.54, 1.807) is 12.1 Å². The lowest BCUT2D eigenvalue weighted by atomic mass is 10.2. The van der Waals surface area contributed by atoms with Gasteiger partial charge in [-0.05, 0) is 12.1 Å². The number of halogens is 1. The molecule has 1 aromatic heterocycles. The van der Waals surface area contributed by atoms with Crippen molar-refractivity contribution in [1.82, 2.24) is 4.98 Å². The Labute approximate surface area is 75.4 Å². The fourth-order valence-electron chi connectivity index (χ4n) is 1.25. The fourth-order valence-corrected chi connectivity index (χ4v) is 1.25. The maximum Gasteiger partial charge on any atom is 0.135 e. The maximum atomic E-state index is 12.5. The van der Waals surface area contributed by atoms with E-state index in [0.717, 1.165) is 5.82 Å². The number of nitrogens with zero attached hydrogens (tertiary/aromatic N) is 3. The van der Waals surface area contributed by atoms with Crippen LogP contribution in [0.5, 0.6) is 0 Å². The number of alkyl halides is 1. The van der Waals surface area contributed by atoms with Crippen LogP contribution >= 0.6 is 0 Å². The van der Waals surface area contributed by atoms with Gasteiger partial charge in [0.15, 0.2) is 0 Å². The second kappa shape index (κ2) is 3.02. The van der Waals surface area contributed by atoms with Gasteiger partial charge < -0.3 is 4.90 Å². The molecule has 0 spiro atoms. The average Bonchev–Trinajstić information content (AvgIpc) is 2.13. The van der Waals surface area contributed by atoms with E-state index in [-0.39, 0.29) is 0 Å². The number of nitriles is 1. The van der Waals surface area contributed by atoms with E-state index in [1.165, 1.54) is 6.20 Å². The van der Waals surface area contributed by atoms with Gasteiger partial charge in [0, 0.05) is 6.20 Å². The number of pyridine rings is 1. The second-order valence-electron chi connectivity index (χ2n) is 3.02. The summed E-state index contributed by atoms with van der Waals surface area (Å²) in [5.74, 6) is 0.743. The minimum atomic E-state index is -0.725. The van der Waals surface area contributed by atoms with Gasteiger partial charge >= 0.3 is 0 Å². The van der Waals surface area contributed by atoms with Crippen LogP contribution in [0.3, 0.4) is 0 Å². The van der Waals surface area contributed by atoms with Gasteiger partial charge in [0.2, 0.25) is 0 Å². The Bertz CT molecular complexity index is 335. The van der Waals surface area contributed by atoms with Crippen LogP contribution in [0, 0.1) is 11.3 Å². The van der Waals surface area contributed by atoms with Crippen LogP contribution in [-0.2, 0) is 0 Å². The summed E-state index contributed by atoms with van der Waals surface area (Å²) in [4.78, 5) is 5.88. The van der Waals surface area contributed by atoms with Crippen molar-refractivity contribution in [2.75, 3.05) is 18.0 Å². The van der Waals surface area contributed by atoms with E-state index in [1.807, 2.05) is 11.0 Å². The first-order chi connectivity index (χ1) is 6.29. The molecule has 13 heavy (non-hydrogen) atoms. The van der Waals surface area contributed by atoms with Crippen LogP contribution in [0.25, 0.3) is 0 Å². The van der Waals surface area contributed by atoms with E-state index >= 15 is 0 Å². The first-order valence-electron chi connectivity index (χ1n) is 4.05. The zero-order chi connectivity index (χ0) is 9.26. The Balaban J connectivity index is 2.11. The SMILES string of the molecule is N#Cc1ccc(N2CC(F)C2)nc1. The summed E-state index contributed by atoms with van der Waals surface area (Å²) >= 11 is 0. The van der Waals surface area contributed by atoms with Gasteiger partial charge in [-0.1, -0.05) is 0 Å². The molecule has 0 aromatic carbocycles. The van der Waals surface area contributed by atoms with Crippen LogP contribution in [0.1, 0.15) is 5.56 Å². The number of hydrogen-bond acceptors (Lipinski definition) is 3. The van der Waals surface area contributed by atoms with Gasteiger partial charge in [0.1, 0.15) is 18.1 Å². The third kappa shape index (κ3) is 1.45. The molecule has 1 fully saturated rings. The molecule has 1 aliphatic rings.